The summed E-state index contributed by atoms with van der Waals surface area (Å²) in [5.41, 5.74) is 8.34. The van der Waals surface area contributed by atoms with Crippen LogP contribution < -0.4 is 11.2 Å². The molecule has 0 aliphatic rings. The number of nitro benzene ring substituents is 1. The van der Waals surface area contributed by atoms with Gasteiger partial charge in [-0.3, -0.25) is 14.9 Å². The Hall–Kier alpha value is -3.00. The Bertz CT molecular complexity index is 855. The molecular weight excluding hydrogens is 339 g/mol. The number of benzene rings is 2. The van der Waals surface area contributed by atoms with Gasteiger partial charge in [0, 0.05) is 23.4 Å². The maximum atomic E-state index is 13.0. The molecule has 0 aliphatic carbocycles. The molecule has 0 unspecified atom stereocenters. The predicted octanol–water partition coefficient (Wildman–Crippen LogP) is 3.12. The van der Waals surface area contributed by atoms with E-state index in [0.717, 1.165) is 18.2 Å². The van der Waals surface area contributed by atoms with Crippen LogP contribution in [0, 0.1) is 15.9 Å². The Morgan fingerprint density at radius 2 is 2.04 bits per heavy atom. The lowest BCUT2D eigenvalue weighted by atomic mass is 10.1. The van der Waals surface area contributed by atoms with Crippen LogP contribution in [0.1, 0.15) is 22.8 Å². The fraction of sp³-hybridized carbons (Fsp3) is 0.0667. The molecule has 0 radical (unpaired) electrons. The molecule has 0 atom stereocenters. The Morgan fingerprint density at radius 1 is 1.33 bits per heavy atom. The van der Waals surface area contributed by atoms with E-state index in [1.807, 2.05) is 0 Å². The molecule has 0 aromatic heterocycles. The monoisotopic (exact) mass is 350 g/mol. The Labute approximate surface area is 141 Å². The second-order valence-electron chi connectivity index (χ2n) is 4.83. The van der Waals surface area contributed by atoms with Crippen molar-refractivity contribution in [3.8, 4) is 0 Å². The van der Waals surface area contributed by atoms with Crippen LogP contribution in [0.4, 0.5) is 15.8 Å². The number of nitrogens with two attached hydrogens (primary N) is 1. The number of amides is 1. The van der Waals surface area contributed by atoms with E-state index in [0.29, 0.717) is 11.3 Å². The highest BCUT2D eigenvalue weighted by Crippen LogP contribution is 2.19. The summed E-state index contributed by atoms with van der Waals surface area (Å²) >= 11 is 5.91. The molecule has 0 saturated carbocycles. The van der Waals surface area contributed by atoms with Crippen molar-refractivity contribution in [3.05, 3.63) is 68.5 Å². The highest BCUT2D eigenvalue weighted by molar-refractivity contribution is 6.34. The first-order valence-electron chi connectivity index (χ1n) is 6.63. The minimum absolute atomic E-state index is 0.0107. The van der Waals surface area contributed by atoms with E-state index >= 15 is 0 Å². The molecule has 0 heterocycles. The van der Waals surface area contributed by atoms with E-state index in [1.165, 1.54) is 18.2 Å². The highest BCUT2D eigenvalue weighted by atomic mass is 35.5. The van der Waals surface area contributed by atoms with Crippen molar-refractivity contribution in [2.75, 3.05) is 5.73 Å². The fourth-order valence-corrected chi connectivity index (χ4v) is 2.22. The van der Waals surface area contributed by atoms with Gasteiger partial charge in [0.2, 0.25) is 0 Å². The van der Waals surface area contributed by atoms with Gasteiger partial charge in [-0.25, -0.2) is 9.82 Å². The Morgan fingerprint density at radius 3 is 2.67 bits per heavy atom. The number of hydrogen-bond donors (Lipinski definition) is 2. The number of hydrogen-bond acceptors (Lipinski definition) is 5. The number of nitro groups is 1. The van der Waals surface area contributed by atoms with Gasteiger partial charge >= 0.3 is 0 Å². The van der Waals surface area contributed by atoms with Crippen molar-refractivity contribution in [2.45, 2.75) is 6.92 Å². The second-order valence-corrected chi connectivity index (χ2v) is 5.24. The molecule has 124 valence electrons. The summed E-state index contributed by atoms with van der Waals surface area (Å²) in [5.74, 6) is -1.17. The molecule has 24 heavy (non-hydrogen) atoms. The molecule has 0 spiro atoms. The summed E-state index contributed by atoms with van der Waals surface area (Å²) in [4.78, 5) is 22.2. The molecule has 7 nitrogen and oxygen atoms in total. The van der Waals surface area contributed by atoms with Gasteiger partial charge in [-0.2, -0.15) is 5.10 Å². The molecule has 2 aromatic rings. The summed E-state index contributed by atoms with van der Waals surface area (Å²) in [7, 11) is 0. The second kappa shape index (κ2) is 7.05. The van der Waals surface area contributed by atoms with Gasteiger partial charge in [-0.15, -0.1) is 0 Å². The SMILES string of the molecule is C/C(=N/NC(=O)c1cc(N)cc([N+](=O)[O-])c1)c1ccc(F)cc1Cl. The zero-order valence-corrected chi connectivity index (χ0v) is 13.2. The number of carbonyl (C=O) groups is 1. The third-order valence-corrected chi connectivity index (χ3v) is 3.37. The van der Waals surface area contributed by atoms with Crippen molar-refractivity contribution in [1.82, 2.24) is 5.43 Å². The number of nitrogens with one attached hydrogen (secondary N) is 1. The molecule has 3 N–H and O–H groups in total. The lowest BCUT2D eigenvalue weighted by molar-refractivity contribution is -0.384. The summed E-state index contributed by atoms with van der Waals surface area (Å²) in [6.45, 7) is 1.57. The van der Waals surface area contributed by atoms with Crippen molar-refractivity contribution in [3.63, 3.8) is 0 Å². The lowest BCUT2D eigenvalue weighted by Gasteiger charge is -2.06. The summed E-state index contributed by atoms with van der Waals surface area (Å²) in [5, 5.41) is 14.8. The lowest BCUT2D eigenvalue weighted by Crippen LogP contribution is -2.19. The first-order valence-corrected chi connectivity index (χ1v) is 7.00. The van der Waals surface area contributed by atoms with Gasteiger partial charge < -0.3 is 5.73 Å². The molecule has 0 bridgehead atoms. The van der Waals surface area contributed by atoms with E-state index in [1.54, 1.807) is 6.92 Å². The zero-order chi connectivity index (χ0) is 17.9. The molecule has 2 rings (SSSR count). The van der Waals surface area contributed by atoms with Crippen LogP contribution in [0.15, 0.2) is 41.5 Å². The van der Waals surface area contributed by atoms with Crippen LogP contribution in [-0.4, -0.2) is 16.5 Å². The number of rotatable bonds is 4. The normalized spacial score (nSPS) is 11.2. The third kappa shape index (κ3) is 4.05. The molecule has 0 saturated heterocycles. The van der Waals surface area contributed by atoms with E-state index in [-0.39, 0.29) is 22.0 Å². The minimum atomic E-state index is -0.678. The van der Waals surface area contributed by atoms with E-state index in [9.17, 15) is 19.3 Å². The van der Waals surface area contributed by atoms with Crippen molar-refractivity contribution >= 4 is 34.6 Å². The Kier molecular flexibility index (Phi) is 5.10. The van der Waals surface area contributed by atoms with Crippen molar-refractivity contribution < 1.29 is 14.1 Å². The molecule has 0 aliphatic heterocycles. The number of carbonyl (C=O) groups excluding carboxylic acids is 1. The van der Waals surface area contributed by atoms with Crippen LogP contribution in [0.3, 0.4) is 0 Å². The van der Waals surface area contributed by atoms with Gasteiger partial charge in [-0.05, 0) is 31.2 Å². The topological polar surface area (TPSA) is 111 Å². The largest absolute Gasteiger partial charge is 0.399 e. The summed E-state index contributed by atoms with van der Waals surface area (Å²) < 4.78 is 13.0. The van der Waals surface area contributed by atoms with Crippen LogP contribution in [0.25, 0.3) is 0 Å². The third-order valence-electron chi connectivity index (χ3n) is 3.06. The number of hydrazone groups is 1. The summed E-state index contributed by atoms with van der Waals surface area (Å²) in [6, 6.07) is 7.28. The predicted molar refractivity (Wildman–Crippen MR) is 88.6 cm³/mol. The van der Waals surface area contributed by atoms with E-state index in [2.05, 4.69) is 10.5 Å². The maximum absolute atomic E-state index is 13.0. The number of nitrogens with zero attached hydrogens (tertiary/aromatic N) is 2. The van der Waals surface area contributed by atoms with Crippen molar-refractivity contribution in [1.29, 1.82) is 0 Å². The minimum Gasteiger partial charge on any atom is -0.399 e. The van der Waals surface area contributed by atoms with Crippen LogP contribution in [0.2, 0.25) is 5.02 Å². The molecule has 9 heteroatoms. The first kappa shape index (κ1) is 17.4. The summed E-state index contributed by atoms with van der Waals surface area (Å²) in [6.07, 6.45) is 0. The number of non-ortho nitro benzene ring substituents is 1. The van der Waals surface area contributed by atoms with E-state index < -0.39 is 16.6 Å². The van der Waals surface area contributed by atoms with Crippen LogP contribution in [-0.2, 0) is 0 Å². The van der Waals surface area contributed by atoms with Gasteiger partial charge in [0.1, 0.15) is 5.82 Å². The quantitative estimate of drug-likeness (QED) is 0.382. The smallest absolute Gasteiger partial charge is 0.272 e. The van der Waals surface area contributed by atoms with Gasteiger partial charge in [0.25, 0.3) is 11.6 Å². The zero-order valence-electron chi connectivity index (χ0n) is 12.4. The van der Waals surface area contributed by atoms with Gasteiger partial charge in [0.15, 0.2) is 0 Å². The first-order chi connectivity index (χ1) is 11.3. The molecule has 2 aromatic carbocycles. The molecular formula is C15H12ClFN4O3. The van der Waals surface area contributed by atoms with E-state index in [4.69, 9.17) is 17.3 Å². The highest BCUT2D eigenvalue weighted by Gasteiger charge is 2.14. The molecule has 0 fully saturated rings. The fourth-order valence-electron chi connectivity index (χ4n) is 1.91. The van der Waals surface area contributed by atoms with Crippen LogP contribution in [0.5, 0.6) is 0 Å². The average molecular weight is 351 g/mol. The van der Waals surface area contributed by atoms with Crippen molar-refractivity contribution in [2.24, 2.45) is 5.10 Å². The molecule has 1 amide bonds. The van der Waals surface area contributed by atoms with Gasteiger partial charge in [0.05, 0.1) is 21.2 Å². The maximum Gasteiger partial charge on any atom is 0.272 e. The number of nitrogen functional groups attached to an aromatic ring is 1. The average Bonchev–Trinajstić information content (AvgIpc) is 2.51. The van der Waals surface area contributed by atoms with Crippen LogP contribution >= 0.6 is 11.6 Å². The van der Waals surface area contributed by atoms with Gasteiger partial charge in [-0.1, -0.05) is 11.6 Å². The number of anilines is 1. The standard InChI is InChI=1S/C15H12ClFN4O3/c1-8(13-3-2-10(17)6-14(13)16)19-20-15(22)9-4-11(18)7-12(5-9)21(23)24/h2-7H,18H2,1H3,(H,20,22)/b19-8-. The Balaban J connectivity index is 2.22. The number of halogens is 2.